The molecule has 0 aromatic heterocycles. The topological polar surface area (TPSA) is 63.0 Å². The van der Waals surface area contributed by atoms with Crippen molar-refractivity contribution in [2.75, 3.05) is 7.11 Å². The summed E-state index contributed by atoms with van der Waals surface area (Å²) in [6.45, 7) is 8.29. The molecule has 0 fully saturated rings. The SMILES string of the molecule is C=CN=C(C(=C)F)C1=NC(c2ccc(F)cc2)C(C(=O)OC)=C(C)N1. The van der Waals surface area contributed by atoms with Gasteiger partial charge in [-0.1, -0.05) is 25.3 Å². The van der Waals surface area contributed by atoms with Crippen LogP contribution in [0.3, 0.4) is 0 Å². The summed E-state index contributed by atoms with van der Waals surface area (Å²) in [4.78, 5) is 20.4. The number of esters is 1. The van der Waals surface area contributed by atoms with Gasteiger partial charge in [0.1, 0.15) is 23.4 Å². The Morgan fingerprint density at radius 1 is 1.40 bits per heavy atom. The first-order valence-corrected chi connectivity index (χ1v) is 7.32. The van der Waals surface area contributed by atoms with Crippen LogP contribution in [0, 0.1) is 5.82 Å². The minimum absolute atomic E-state index is 0.0897. The van der Waals surface area contributed by atoms with Gasteiger partial charge in [-0.05, 0) is 24.6 Å². The van der Waals surface area contributed by atoms with Crippen molar-refractivity contribution < 1.29 is 18.3 Å². The number of halogens is 2. The second-order valence-electron chi connectivity index (χ2n) is 5.15. The molecule has 7 heteroatoms. The molecule has 1 N–H and O–H groups in total. The lowest BCUT2D eigenvalue weighted by Gasteiger charge is -2.26. The summed E-state index contributed by atoms with van der Waals surface area (Å²) in [5.41, 5.74) is 1.07. The monoisotopic (exact) mass is 345 g/mol. The summed E-state index contributed by atoms with van der Waals surface area (Å²) in [6.07, 6.45) is 1.16. The molecule has 25 heavy (non-hydrogen) atoms. The van der Waals surface area contributed by atoms with Crippen molar-refractivity contribution in [1.82, 2.24) is 5.32 Å². The molecule has 1 aliphatic rings. The molecule has 1 unspecified atom stereocenters. The molecular formula is C18H17F2N3O2. The Morgan fingerprint density at radius 2 is 2.04 bits per heavy atom. The molecule has 1 aromatic rings. The first-order valence-electron chi connectivity index (χ1n) is 7.32. The molecule has 0 radical (unpaired) electrons. The van der Waals surface area contributed by atoms with Crippen molar-refractivity contribution in [3.63, 3.8) is 0 Å². The number of nitrogens with one attached hydrogen (secondary N) is 1. The zero-order valence-electron chi connectivity index (χ0n) is 13.8. The van der Waals surface area contributed by atoms with E-state index in [1.807, 2.05) is 0 Å². The van der Waals surface area contributed by atoms with E-state index in [1.54, 1.807) is 6.92 Å². The van der Waals surface area contributed by atoms with Crippen LogP contribution in [0.5, 0.6) is 0 Å². The maximum absolute atomic E-state index is 13.7. The highest BCUT2D eigenvalue weighted by Crippen LogP contribution is 2.32. The Hall–Kier alpha value is -3.09. The molecule has 0 saturated carbocycles. The summed E-state index contributed by atoms with van der Waals surface area (Å²) < 4.78 is 31.7. The van der Waals surface area contributed by atoms with E-state index in [2.05, 4.69) is 28.5 Å². The van der Waals surface area contributed by atoms with Crippen LogP contribution in [0.15, 0.2) is 70.7 Å². The highest BCUT2D eigenvalue weighted by atomic mass is 19.1. The highest BCUT2D eigenvalue weighted by Gasteiger charge is 2.31. The van der Waals surface area contributed by atoms with Gasteiger partial charge in [0, 0.05) is 11.9 Å². The number of methoxy groups -OCH3 is 1. The van der Waals surface area contributed by atoms with Crippen molar-refractivity contribution in [3.8, 4) is 0 Å². The number of rotatable bonds is 5. The standard InChI is InChI=1S/C18H17F2N3O2/c1-5-21-15(10(2)19)17-22-11(3)14(18(24)25-4)16(23-17)12-6-8-13(20)9-7-12/h5-9,16H,1-2H2,3-4H3,(H,22,23). The zero-order valence-corrected chi connectivity index (χ0v) is 13.8. The van der Waals surface area contributed by atoms with Gasteiger partial charge in [-0.15, -0.1) is 0 Å². The molecule has 1 atom stereocenters. The Balaban J connectivity index is 2.60. The molecule has 0 aliphatic carbocycles. The minimum atomic E-state index is -0.807. The number of aliphatic imine (C=N–C) groups is 2. The van der Waals surface area contributed by atoms with Gasteiger partial charge in [0.25, 0.3) is 0 Å². The Morgan fingerprint density at radius 3 is 2.56 bits per heavy atom. The van der Waals surface area contributed by atoms with E-state index in [4.69, 9.17) is 4.74 Å². The van der Waals surface area contributed by atoms with Crippen LogP contribution in [-0.2, 0) is 9.53 Å². The summed E-state index contributed by atoms with van der Waals surface area (Å²) in [7, 11) is 1.25. The Labute approximate surface area is 144 Å². The smallest absolute Gasteiger partial charge is 0.338 e. The lowest BCUT2D eigenvalue weighted by atomic mass is 9.95. The Kier molecular flexibility index (Phi) is 5.59. The van der Waals surface area contributed by atoms with Crippen molar-refractivity contribution in [2.45, 2.75) is 13.0 Å². The van der Waals surface area contributed by atoms with Gasteiger partial charge >= 0.3 is 5.97 Å². The number of benzene rings is 1. The maximum atomic E-state index is 13.7. The van der Waals surface area contributed by atoms with E-state index in [9.17, 15) is 13.6 Å². The minimum Gasteiger partial charge on any atom is -0.466 e. The van der Waals surface area contributed by atoms with Crippen molar-refractivity contribution >= 4 is 17.5 Å². The van der Waals surface area contributed by atoms with E-state index in [1.165, 1.54) is 31.4 Å². The molecule has 1 aromatic carbocycles. The average Bonchev–Trinajstić information content (AvgIpc) is 2.58. The average molecular weight is 345 g/mol. The Bertz CT molecular complexity index is 808. The van der Waals surface area contributed by atoms with Crippen LogP contribution in [0.1, 0.15) is 18.5 Å². The molecule has 0 saturated heterocycles. The van der Waals surface area contributed by atoms with Gasteiger partial charge in [0.2, 0.25) is 0 Å². The van der Waals surface area contributed by atoms with Crippen molar-refractivity contribution in [2.24, 2.45) is 9.98 Å². The third-order valence-corrected chi connectivity index (χ3v) is 3.53. The van der Waals surface area contributed by atoms with Crippen LogP contribution in [0.2, 0.25) is 0 Å². The number of carbonyl (C=O) groups is 1. The van der Waals surface area contributed by atoms with Crippen LogP contribution in [-0.4, -0.2) is 24.6 Å². The number of amidine groups is 1. The quantitative estimate of drug-likeness (QED) is 0.657. The van der Waals surface area contributed by atoms with Gasteiger partial charge < -0.3 is 10.1 Å². The van der Waals surface area contributed by atoms with Crippen molar-refractivity contribution in [1.29, 1.82) is 0 Å². The van der Waals surface area contributed by atoms with Crippen LogP contribution in [0.4, 0.5) is 8.78 Å². The predicted molar refractivity (Wildman–Crippen MR) is 92.3 cm³/mol. The summed E-state index contributed by atoms with van der Waals surface area (Å²) >= 11 is 0. The largest absolute Gasteiger partial charge is 0.466 e. The summed E-state index contributed by atoms with van der Waals surface area (Å²) in [5.74, 6) is -1.73. The third kappa shape index (κ3) is 3.88. The van der Waals surface area contributed by atoms with Gasteiger partial charge in [0.15, 0.2) is 5.84 Å². The number of nitrogens with zero attached hydrogens (tertiary/aromatic N) is 2. The van der Waals surface area contributed by atoms with Crippen molar-refractivity contribution in [3.05, 3.63) is 72.1 Å². The summed E-state index contributed by atoms with van der Waals surface area (Å²) in [6, 6.07) is 4.69. The molecule has 5 nitrogen and oxygen atoms in total. The lowest BCUT2D eigenvalue weighted by Crippen LogP contribution is -2.37. The normalized spacial score (nSPS) is 17.5. The fourth-order valence-corrected chi connectivity index (χ4v) is 2.41. The third-order valence-electron chi connectivity index (χ3n) is 3.53. The second kappa shape index (κ2) is 7.65. The van der Waals surface area contributed by atoms with E-state index < -0.39 is 23.7 Å². The number of carbonyl (C=O) groups excluding carboxylic acids is 1. The molecule has 0 bridgehead atoms. The van der Waals surface area contributed by atoms with Gasteiger partial charge in [0.05, 0.1) is 12.7 Å². The fourth-order valence-electron chi connectivity index (χ4n) is 2.41. The van der Waals surface area contributed by atoms with Crippen LogP contribution in [0.25, 0.3) is 0 Å². The zero-order chi connectivity index (χ0) is 18.6. The first kappa shape index (κ1) is 18.3. The number of allylic oxidation sites excluding steroid dienone is 1. The summed E-state index contributed by atoms with van der Waals surface area (Å²) in [5, 5.41) is 2.83. The fraction of sp³-hybridized carbons (Fsp3) is 0.167. The molecule has 0 amide bonds. The predicted octanol–water partition coefficient (Wildman–Crippen LogP) is 3.38. The van der Waals surface area contributed by atoms with Crippen LogP contribution >= 0.6 is 0 Å². The maximum Gasteiger partial charge on any atom is 0.338 e. The number of hydrogen-bond donors (Lipinski definition) is 1. The highest BCUT2D eigenvalue weighted by molar-refractivity contribution is 6.47. The van der Waals surface area contributed by atoms with Gasteiger partial charge in [-0.3, -0.25) is 9.98 Å². The first-order chi connectivity index (χ1) is 11.9. The molecular weight excluding hydrogens is 328 g/mol. The van der Waals surface area contributed by atoms with E-state index in [0.29, 0.717) is 11.3 Å². The van der Waals surface area contributed by atoms with E-state index in [0.717, 1.165) is 6.20 Å². The van der Waals surface area contributed by atoms with E-state index in [-0.39, 0.29) is 17.1 Å². The molecule has 0 spiro atoms. The molecule has 1 aliphatic heterocycles. The van der Waals surface area contributed by atoms with E-state index >= 15 is 0 Å². The number of ether oxygens (including phenoxy) is 1. The lowest BCUT2D eigenvalue weighted by molar-refractivity contribution is -0.136. The van der Waals surface area contributed by atoms with Crippen LogP contribution < -0.4 is 5.32 Å². The molecule has 1 heterocycles. The number of hydrogen-bond acceptors (Lipinski definition) is 5. The van der Waals surface area contributed by atoms with Gasteiger partial charge in [-0.2, -0.15) is 0 Å². The van der Waals surface area contributed by atoms with Gasteiger partial charge in [-0.25, -0.2) is 13.6 Å². The molecule has 130 valence electrons. The molecule has 2 rings (SSSR count). The second-order valence-corrected chi connectivity index (χ2v) is 5.15.